The number of rotatable bonds is 7. The third-order valence-corrected chi connectivity index (χ3v) is 8.18. The monoisotopic (exact) mass is 446 g/mol. The van der Waals surface area contributed by atoms with Crippen molar-refractivity contribution in [3.63, 3.8) is 0 Å². The summed E-state index contributed by atoms with van der Waals surface area (Å²) in [5.41, 5.74) is 2.13. The first-order valence-electron chi connectivity index (χ1n) is 13.0. The fraction of sp³-hybridized carbons (Fsp3) is 0.714. The normalized spacial score (nSPS) is 31.2. The molecule has 1 saturated heterocycles. The van der Waals surface area contributed by atoms with Gasteiger partial charge in [0.05, 0.1) is 12.7 Å². The van der Waals surface area contributed by atoms with Gasteiger partial charge in [-0.25, -0.2) is 4.39 Å². The first-order valence-corrected chi connectivity index (χ1v) is 13.0. The number of hydrogen-bond donors (Lipinski definition) is 0. The minimum atomic E-state index is -0.835. The van der Waals surface area contributed by atoms with Gasteiger partial charge in [-0.2, -0.15) is 4.39 Å². The summed E-state index contributed by atoms with van der Waals surface area (Å²) in [6.07, 6.45) is 15.7. The van der Waals surface area contributed by atoms with Crippen LogP contribution in [0.1, 0.15) is 96.0 Å². The van der Waals surface area contributed by atoms with Crippen molar-refractivity contribution in [2.45, 2.75) is 96.5 Å². The van der Waals surface area contributed by atoms with Crippen LogP contribution in [0.4, 0.5) is 8.78 Å². The summed E-state index contributed by atoms with van der Waals surface area (Å²) in [6, 6.07) is 3.32. The molecular weight excluding hydrogens is 406 g/mol. The van der Waals surface area contributed by atoms with Crippen LogP contribution in [0.25, 0.3) is 0 Å². The Labute approximate surface area is 192 Å². The van der Waals surface area contributed by atoms with Crippen molar-refractivity contribution in [2.24, 2.45) is 17.8 Å². The maximum Gasteiger partial charge on any atom is 0.200 e. The number of ether oxygens (including phenoxy) is 2. The molecule has 3 atom stereocenters. The van der Waals surface area contributed by atoms with E-state index in [9.17, 15) is 8.78 Å². The fourth-order valence-electron chi connectivity index (χ4n) is 6.32. The van der Waals surface area contributed by atoms with Gasteiger partial charge in [0.15, 0.2) is 11.6 Å². The van der Waals surface area contributed by atoms with Crippen LogP contribution in [-0.4, -0.2) is 19.3 Å². The molecule has 3 unspecified atom stereocenters. The summed E-state index contributed by atoms with van der Waals surface area (Å²) in [7, 11) is 0. The van der Waals surface area contributed by atoms with Crippen LogP contribution >= 0.6 is 0 Å². The maximum atomic E-state index is 14.6. The van der Waals surface area contributed by atoms with Gasteiger partial charge in [-0.05, 0) is 106 Å². The molecule has 0 radical (unpaired) electrons. The van der Waals surface area contributed by atoms with Gasteiger partial charge in [0.2, 0.25) is 5.82 Å². The molecular formula is C28H40F2O2. The van der Waals surface area contributed by atoms with E-state index in [4.69, 9.17) is 9.47 Å². The molecule has 4 rings (SSSR count). The second-order valence-electron chi connectivity index (χ2n) is 10.2. The van der Waals surface area contributed by atoms with Crippen LogP contribution < -0.4 is 4.74 Å². The molecule has 32 heavy (non-hydrogen) atoms. The van der Waals surface area contributed by atoms with Gasteiger partial charge in [0.25, 0.3) is 0 Å². The molecule has 1 heterocycles. The summed E-state index contributed by atoms with van der Waals surface area (Å²) >= 11 is 0. The van der Waals surface area contributed by atoms with Gasteiger partial charge in [-0.15, -0.1) is 0 Å². The highest BCUT2D eigenvalue weighted by atomic mass is 19.2. The molecule has 0 bridgehead atoms. The molecule has 1 aromatic rings. The zero-order valence-corrected chi connectivity index (χ0v) is 19.9. The van der Waals surface area contributed by atoms with Crippen LogP contribution in [0.15, 0.2) is 23.8 Å². The summed E-state index contributed by atoms with van der Waals surface area (Å²) in [5.74, 6) is 0.649. The molecule has 0 N–H and O–H groups in total. The number of hydrogen-bond acceptors (Lipinski definition) is 2. The first kappa shape index (κ1) is 23.7. The molecule has 2 aliphatic carbocycles. The Morgan fingerprint density at radius 3 is 2.34 bits per heavy atom. The van der Waals surface area contributed by atoms with E-state index in [-0.39, 0.29) is 11.7 Å². The van der Waals surface area contributed by atoms with Gasteiger partial charge in [-0.3, -0.25) is 0 Å². The average molecular weight is 447 g/mol. The van der Waals surface area contributed by atoms with E-state index in [1.165, 1.54) is 38.5 Å². The Morgan fingerprint density at radius 2 is 1.72 bits per heavy atom. The van der Waals surface area contributed by atoms with Crippen molar-refractivity contribution in [2.75, 3.05) is 13.2 Å². The van der Waals surface area contributed by atoms with Crippen molar-refractivity contribution < 1.29 is 18.3 Å². The highest BCUT2D eigenvalue weighted by Gasteiger charge is 2.32. The Bertz CT molecular complexity index is 774. The molecule has 1 aliphatic heterocycles. The van der Waals surface area contributed by atoms with E-state index in [0.29, 0.717) is 30.1 Å². The molecule has 0 aromatic heterocycles. The van der Waals surface area contributed by atoms with Crippen molar-refractivity contribution in [1.82, 2.24) is 0 Å². The summed E-state index contributed by atoms with van der Waals surface area (Å²) < 4.78 is 40.4. The van der Waals surface area contributed by atoms with Crippen LogP contribution in [0, 0.1) is 29.4 Å². The van der Waals surface area contributed by atoms with Crippen LogP contribution in [-0.2, 0) is 4.74 Å². The second kappa shape index (κ2) is 11.1. The van der Waals surface area contributed by atoms with Gasteiger partial charge >= 0.3 is 0 Å². The second-order valence-corrected chi connectivity index (χ2v) is 10.2. The maximum absolute atomic E-state index is 14.6. The smallest absolute Gasteiger partial charge is 0.200 e. The van der Waals surface area contributed by atoms with Crippen molar-refractivity contribution >= 4 is 0 Å². The van der Waals surface area contributed by atoms with E-state index >= 15 is 0 Å². The lowest BCUT2D eigenvalue weighted by atomic mass is 9.72. The lowest BCUT2D eigenvalue weighted by Gasteiger charge is -2.37. The predicted octanol–water partition coefficient (Wildman–Crippen LogP) is 7.96. The molecule has 2 nitrogen and oxygen atoms in total. The molecule has 4 heteroatoms. The third kappa shape index (κ3) is 5.38. The number of allylic oxidation sites excluding steroid dienone is 2. The minimum absolute atomic E-state index is 0.0205. The third-order valence-electron chi connectivity index (χ3n) is 8.18. The Hall–Kier alpha value is -1.42. The Morgan fingerprint density at radius 1 is 0.938 bits per heavy atom. The molecule has 0 spiro atoms. The van der Waals surface area contributed by atoms with Crippen molar-refractivity contribution in [3.05, 3.63) is 41.0 Å². The summed E-state index contributed by atoms with van der Waals surface area (Å²) in [6.45, 7) is 5.33. The molecule has 178 valence electrons. The van der Waals surface area contributed by atoms with Crippen molar-refractivity contribution in [1.29, 1.82) is 0 Å². The van der Waals surface area contributed by atoms with Crippen molar-refractivity contribution in [3.8, 4) is 5.75 Å². The quantitative estimate of drug-likeness (QED) is 0.396. The zero-order chi connectivity index (χ0) is 22.5. The van der Waals surface area contributed by atoms with E-state index in [1.807, 2.05) is 0 Å². The van der Waals surface area contributed by atoms with E-state index in [2.05, 4.69) is 13.0 Å². The van der Waals surface area contributed by atoms with Gasteiger partial charge in [0.1, 0.15) is 0 Å². The van der Waals surface area contributed by atoms with Gasteiger partial charge in [0, 0.05) is 6.61 Å². The molecule has 0 amide bonds. The van der Waals surface area contributed by atoms with Crippen LogP contribution in [0.5, 0.6) is 5.75 Å². The topological polar surface area (TPSA) is 18.5 Å². The molecule has 2 fully saturated rings. The lowest BCUT2D eigenvalue weighted by molar-refractivity contribution is -0.0512. The fourth-order valence-corrected chi connectivity index (χ4v) is 6.32. The first-order chi connectivity index (χ1) is 15.6. The predicted molar refractivity (Wildman–Crippen MR) is 125 cm³/mol. The molecule has 3 aliphatic rings. The van der Waals surface area contributed by atoms with E-state index in [0.717, 1.165) is 44.6 Å². The van der Waals surface area contributed by atoms with Crippen LogP contribution in [0.2, 0.25) is 0 Å². The number of benzene rings is 1. The molecule has 1 aromatic carbocycles. The minimum Gasteiger partial charge on any atom is -0.491 e. The summed E-state index contributed by atoms with van der Waals surface area (Å²) in [5, 5.41) is 0. The SMILES string of the molecule is CCCC1CCC(C2CC=C(C3CCC(c4ccc(OCC)c(F)c4F)CC3)CC2)OC1. The average Bonchev–Trinajstić information content (AvgIpc) is 2.83. The molecule has 1 saturated carbocycles. The standard InChI is InChI=1S/C28H40F2O2/c1-3-5-19-6-16-25(32-18-19)23-13-9-21(10-14-23)20-7-11-22(12-8-20)24-15-17-26(31-4-2)28(30)27(24)29/h9,15,17,19-20,22-23,25H,3-8,10-14,16,18H2,1-2H3. The Kier molecular flexibility index (Phi) is 8.26. The summed E-state index contributed by atoms with van der Waals surface area (Å²) in [4.78, 5) is 0. The van der Waals surface area contributed by atoms with Gasteiger partial charge in [-0.1, -0.05) is 31.1 Å². The lowest BCUT2D eigenvalue weighted by Crippen LogP contribution is -2.33. The number of halogens is 2. The zero-order valence-electron chi connectivity index (χ0n) is 19.9. The largest absolute Gasteiger partial charge is 0.491 e. The highest BCUT2D eigenvalue weighted by Crippen LogP contribution is 2.44. The highest BCUT2D eigenvalue weighted by molar-refractivity contribution is 5.33. The Balaban J connectivity index is 1.28. The van der Waals surface area contributed by atoms with E-state index < -0.39 is 11.6 Å². The van der Waals surface area contributed by atoms with Crippen LogP contribution in [0.3, 0.4) is 0 Å². The van der Waals surface area contributed by atoms with Gasteiger partial charge < -0.3 is 9.47 Å². The van der Waals surface area contributed by atoms with E-state index in [1.54, 1.807) is 24.6 Å².